The summed E-state index contributed by atoms with van der Waals surface area (Å²) in [7, 11) is 0. The van der Waals surface area contributed by atoms with Gasteiger partial charge in [-0.1, -0.05) is 0 Å². The first kappa shape index (κ1) is 9.38. The number of anilines is 1. The Bertz CT molecular complexity index is 537. The quantitative estimate of drug-likeness (QED) is 0.742. The van der Waals surface area contributed by atoms with E-state index in [9.17, 15) is 9.18 Å². The largest absolute Gasteiger partial charge is 0.465 e. The highest BCUT2D eigenvalue weighted by molar-refractivity contribution is 5.82. The lowest BCUT2D eigenvalue weighted by Crippen LogP contribution is -2.08. The lowest BCUT2D eigenvalue weighted by Gasteiger charge is -2.01. The van der Waals surface area contributed by atoms with Crippen LogP contribution in [0.3, 0.4) is 0 Å². The second kappa shape index (κ2) is 3.19. The molecule has 0 fully saturated rings. The van der Waals surface area contributed by atoms with Gasteiger partial charge in [0.2, 0.25) is 0 Å². The van der Waals surface area contributed by atoms with Crippen molar-refractivity contribution in [3.05, 3.63) is 23.9 Å². The first-order valence-corrected chi connectivity index (χ1v) is 4.09. The molecule has 0 spiro atoms. The Hall–Kier alpha value is -2.18. The van der Waals surface area contributed by atoms with E-state index in [1.54, 1.807) is 6.92 Å². The van der Waals surface area contributed by atoms with Gasteiger partial charge in [-0.25, -0.2) is 18.7 Å². The first-order valence-electron chi connectivity index (χ1n) is 4.09. The normalized spacial score (nSPS) is 10.5. The minimum atomic E-state index is -1.26. The van der Waals surface area contributed by atoms with Gasteiger partial charge < -0.3 is 5.11 Å². The zero-order chi connectivity index (χ0) is 11.0. The van der Waals surface area contributed by atoms with E-state index < -0.39 is 11.9 Å². The highest BCUT2D eigenvalue weighted by Crippen LogP contribution is 2.14. The first-order chi connectivity index (χ1) is 7.06. The zero-order valence-corrected chi connectivity index (χ0v) is 7.73. The van der Waals surface area contributed by atoms with Crippen LogP contribution in [-0.4, -0.2) is 25.8 Å². The predicted octanol–water partition coefficient (Wildman–Crippen LogP) is 1.27. The molecule has 0 aliphatic rings. The number of aromatic nitrogens is 3. The minimum Gasteiger partial charge on any atom is -0.465 e. The number of hydrogen-bond acceptors (Lipinski definition) is 3. The van der Waals surface area contributed by atoms with Gasteiger partial charge in [-0.3, -0.25) is 5.32 Å². The van der Waals surface area contributed by atoms with Crippen LogP contribution in [0.15, 0.2) is 12.3 Å². The fourth-order valence-electron chi connectivity index (χ4n) is 1.24. The number of halogens is 1. The summed E-state index contributed by atoms with van der Waals surface area (Å²) in [5.41, 5.74) is 0.181. The number of carbonyl (C=O) groups is 1. The van der Waals surface area contributed by atoms with Crippen molar-refractivity contribution in [1.82, 2.24) is 14.6 Å². The van der Waals surface area contributed by atoms with E-state index in [1.807, 2.05) is 5.32 Å². The summed E-state index contributed by atoms with van der Waals surface area (Å²) in [6.07, 6.45) is 0.0950. The molecule has 0 saturated heterocycles. The molecule has 7 heteroatoms. The fraction of sp³-hybridized carbons (Fsp3) is 0.125. The van der Waals surface area contributed by atoms with Crippen LogP contribution in [0.4, 0.5) is 14.9 Å². The molecule has 2 rings (SSSR count). The van der Waals surface area contributed by atoms with Gasteiger partial charge in [0.15, 0.2) is 11.5 Å². The fourth-order valence-corrected chi connectivity index (χ4v) is 1.24. The molecule has 0 aliphatic heterocycles. The topological polar surface area (TPSA) is 79.5 Å². The Balaban J connectivity index is 2.56. The molecule has 2 aromatic rings. The maximum atomic E-state index is 13.4. The van der Waals surface area contributed by atoms with Gasteiger partial charge in [-0.2, -0.15) is 5.10 Å². The number of amides is 1. The van der Waals surface area contributed by atoms with E-state index in [0.29, 0.717) is 5.82 Å². The maximum Gasteiger partial charge on any atom is 0.409 e. The third-order valence-electron chi connectivity index (χ3n) is 1.75. The molecule has 0 aliphatic carbocycles. The van der Waals surface area contributed by atoms with Gasteiger partial charge in [-0.05, 0) is 6.92 Å². The number of carboxylic acid groups (broad SMARTS) is 1. The van der Waals surface area contributed by atoms with Crippen LogP contribution in [0.5, 0.6) is 0 Å². The Kier molecular flexibility index (Phi) is 2.00. The van der Waals surface area contributed by atoms with Gasteiger partial charge in [0.05, 0.1) is 11.9 Å². The third-order valence-corrected chi connectivity index (χ3v) is 1.75. The average Bonchev–Trinajstić information content (AvgIpc) is 2.44. The summed E-state index contributed by atoms with van der Waals surface area (Å²) in [6.45, 7) is 1.62. The molecule has 0 saturated carbocycles. The van der Waals surface area contributed by atoms with Crippen molar-refractivity contribution in [3.8, 4) is 0 Å². The molecule has 2 heterocycles. The predicted molar refractivity (Wildman–Crippen MR) is 49.3 cm³/mol. The zero-order valence-electron chi connectivity index (χ0n) is 7.73. The lowest BCUT2D eigenvalue weighted by molar-refractivity contribution is 0.209. The Labute approximate surface area is 83.4 Å². The molecule has 2 N–H and O–H groups in total. The molecule has 78 valence electrons. The number of aryl methyl sites for hydroxylation is 1. The monoisotopic (exact) mass is 210 g/mol. The van der Waals surface area contributed by atoms with Crippen LogP contribution in [0.2, 0.25) is 0 Å². The van der Waals surface area contributed by atoms with Gasteiger partial charge in [0, 0.05) is 6.07 Å². The molecule has 2 aromatic heterocycles. The van der Waals surface area contributed by atoms with E-state index in [4.69, 9.17) is 5.11 Å². The lowest BCUT2D eigenvalue weighted by atomic mass is 10.4. The second-order valence-electron chi connectivity index (χ2n) is 2.93. The number of pyridine rings is 1. The standard InChI is InChI=1S/C8H7FN4O2/c1-4-10-7-6(9)2-5(11-8(14)15)3-13(7)12-4/h2-3,11H,1H3,(H,14,15). The summed E-state index contributed by atoms with van der Waals surface area (Å²) >= 11 is 0. The van der Waals surface area contributed by atoms with Crippen LogP contribution in [0.1, 0.15) is 5.82 Å². The van der Waals surface area contributed by atoms with Crippen molar-refractivity contribution in [1.29, 1.82) is 0 Å². The second-order valence-corrected chi connectivity index (χ2v) is 2.93. The number of fused-ring (bicyclic) bond motifs is 1. The van der Waals surface area contributed by atoms with Gasteiger partial charge >= 0.3 is 6.09 Å². The molecule has 0 atom stereocenters. The van der Waals surface area contributed by atoms with E-state index >= 15 is 0 Å². The summed E-state index contributed by atoms with van der Waals surface area (Å²) < 4.78 is 14.5. The third kappa shape index (κ3) is 1.71. The van der Waals surface area contributed by atoms with Crippen molar-refractivity contribution in [2.75, 3.05) is 5.32 Å². The van der Waals surface area contributed by atoms with Crippen LogP contribution in [-0.2, 0) is 0 Å². The maximum absolute atomic E-state index is 13.4. The van der Waals surface area contributed by atoms with Gasteiger partial charge in [-0.15, -0.1) is 0 Å². The highest BCUT2D eigenvalue weighted by atomic mass is 19.1. The smallest absolute Gasteiger partial charge is 0.409 e. The molecule has 6 nitrogen and oxygen atoms in total. The van der Waals surface area contributed by atoms with E-state index in [2.05, 4.69) is 10.1 Å². The molecule has 0 bridgehead atoms. The van der Waals surface area contributed by atoms with Gasteiger partial charge in [0.25, 0.3) is 0 Å². The van der Waals surface area contributed by atoms with Crippen molar-refractivity contribution in [3.63, 3.8) is 0 Å². The van der Waals surface area contributed by atoms with Crippen molar-refractivity contribution in [2.24, 2.45) is 0 Å². The van der Waals surface area contributed by atoms with E-state index in [-0.39, 0.29) is 11.3 Å². The minimum absolute atomic E-state index is 0.0726. The summed E-state index contributed by atoms with van der Waals surface area (Å²) in [4.78, 5) is 14.2. The van der Waals surface area contributed by atoms with E-state index in [0.717, 1.165) is 6.07 Å². The molecular formula is C8H7FN4O2. The van der Waals surface area contributed by atoms with Crippen molar-refractivity contribution < 1.29 is 14.3 Å². The number of rotatable bonds is 1. The average molecular weight is 210 g/mol. The molecule has 0 radical (unpaired) electrons. The van der Waals surface area contributed by atoms with Crippen molar-refractivity contribution in [2.45, 2.75) is 6.92 Å². The molecule has 0 aromatic carbocycles. The summed E-state index contributed by atoms with van der Waals surface area (Å²) in [5.74, 6) is -0.205. The SMILES string of the molecule is Cc1nc2c(F)cc(NC(=O)O)cn2n1. The van der Waals surface area contributed by atoms with Crippen LogP contribution >= 0.6 is 0 Å². The number of nitrogens with one attached hydrogen (secondary N) is 1. The van der Waals surface area contributed by atoms with Crippen molar-refractivity contribution >= 4 is 17.4 Å². The highest BCUT2D eigenvalue weighted by Gasteiger charge is 2.08. The van der Waals surface area contributed by atoms with E-state index in [1.165, 1.54) is 10.7 Å². The van der Waals surface area contributed by atoms with Gasteiger partial charge in [0.1, 0.15) is 5.82 Å². The summed E-state index contributed by atoms with van der Waals surface area (Å²) in [5, 5.41) is 14.4. The Morgan fingerprint density at radius 3 is 3.07 bits per heavy atom. The number of nitrogens with zero attached hydrogens (tertiary/aromatic N) is 3. The molecule has 1 amide bonds. The molecule has 0 unspecified atom stereocenters. The number of hydrogen-bond donors (Lipinski definition) is 2. The molecule has 15 heavy (non-hydrogen) atoms. The summed E-state index contributed by atoms with van der Waals surface area (Å²) in [6, 6.07) is 1.05. The van der Waals surface area contributed by atoms with Crippen LogP contribution < -0.4 is 5.32 Å². The van der Waals surface area contributed by atoms with Crippen LogP contribution in [0, 0.1) is 12.7 Å². The molecular weight excluding hydrogens is 203 g/mol. The Morgan fingerprint density at radius 2 is 2.40 bits per heavy atom. The Morgan fingerprint density at radius 1 is 1.67 bits per heavy atom. The van der Waals surface area contributed by atoms with Crippen LogP contribution in [0.25, 0.3) is 5.65 Å².